The molecule has 0 aliphatic carbocycles. The molecule has 3 rings (SSSR count). The summed E-state index contributed by atoms with van der Waals surface area (Å²) in [6.45, 7) is 3.78. The number of hydrogen-bond donors (Lipinski definition) is 1. The van der Waals surface area contributed by atoms with Gasteiger partial charge in [0.25, 0.3) is 5.56 Å². The van der Waals surface area contributed by atoms with Crippen LogP contribution in [0.15, 0.2) is 23.0 Å². The van der Waals surface area contributed by atoms with Gasteiger partial charge in [-0.25, -0.2) is 9.67 Å². The van der Waals surface area contributed by atoms with E-state index in [-0.39, 0.29) is 5.56 Å². The molecule has 0 atom stereocenters. The Balaban J connectivity index is 0.000000647. The van der Waals surface area contributed by atoms with Gasteiger partial charge in [0.2, 0.25) is 0 Å². The molecule has 127 valence electrons. The molecule has 0 aliphatic rings. The van der Waals surface area contributed by atoms with Crippen LogP contribution >= 0.6 is 40.0 Å². The van der Waals surface area contributed by atoms with Gasteiger partial charge in [-0.1, -0.05) is 11.6 Å². The molecular formula is C15H16I2N4O2V. The summed E-state index contributed by atoms with van der Waals surface area (Å²) in [5, 5.41) is 4.77. The molecule has 0 saturated heterocycles. The number of H-pyrrole nitrogens is 1. The van der Waals surface area contributed by atoms with E-state index in [4.69, 9.17) is 4.74 Å². The predicted octanol–water partition coefficient (Wildman–Crippen LogP) is 3.72. The van der Waals surface area contributed by atoms with Crippen molar-refractivity contribution in [1.29, 1.82) is 0 Å². The summed E-state index contributed by atoms with van der Waals surface area (Å²) in [5.74, 6) is 1.15. The topological polar surface area (TPSA) is 72.8 Å². The molecule has 1 aromatic carbocycles. The van der Waals surface area contributed by atoms with Gasteiger partial charge < -0.3 is 9.72 Å². The van der Waals surface area contributed by atoms with Crippen molar-refractivity contribution in [2.45, 2.75) is 13.8 Å². The van der Waals surface area contributed by atoms with E-state index in [9.17, 15) is 4.79 Å². The van der Waals surface area contributed by atoms with Crippen LogP contribution in [0.2, 0.25) is 0 Å². The number of ether oxygens (including phenoxy) is 1. The molecule has 0 fully saturated rings. The van der Waals surface area contributed by atoms with Gasteiger partial charge in [-0.15, -0.1) is 0 Å². The van der Waals surface area contributed by atoms with E-state index in [2.05, 4.69) is 55.0 Å². The third-order valence-electron chi connectivity index (χ3n) is 3.48. The average molecular weight is 589 g/mol. The number of methoxy groups -OCH3 is 1. The summed E-state index contributed by atoms with van der Waals surface area (Å²) < 4.78 is 6.97. The Morgan fingerprint density at radius 3 is 2.58 bits per heavy atom. The SMILES string of the molecule is COc1ccc(C)cc1-c1nc2c(c(C)nn2C)c(=O)[nH]1.[I][V][I]. The molecule has 6 nitrogen and oxygen atoms in total. The zero-order valence-corrected chi connectivity index (χ0v) is 19.3. The maximum atomic E-state index is 12.3. The number of nitrogens with one attached hydrogen (secondary N) is 1. The Kier molecular flexibility index (Phi) is 7.14. The van der Waals surface area contributed by atoms with Crippen molar-refractivity contribution in [1.82, 2.24) is 19.7 Å². The molecule has 0 saturated carbocycles. The van der Waals surface area contributed by atoms with Crippen molar-refractivity contribution >= 4 is 51.0 Å². The number of rotatable bonds is 2. The molecule has 3 aromatic rings. The van der Waals surface area contributed by atoms with Gasteiger partial charge in [0.1, 0.15) is 17.0 Å². The fourth-order valence-electron chi connectivity index (χ4n) is 2.48. The van der Waals surface area contributed by atoms with Crippen molar-refractivity contribution < 1.29 is 14.2 Å². The van der Waals surface area contributed by atoms with Crippen LogP contribution in [-0.2, 0) is 16.5 Å². The second kappa shape index (κ2) is 8.68. The molecule has 0 unspecified atom stereocenters. The van der Waals surface area contributed by atoms with Crippen LogP contribution in [0.25, 0.3) is 22.4 Å². The van der Waals surface area contributed by atoms with Crippen LogP contribution in [0.3, 0.4) is 0 Å². The Morgan fingerprint density at radius 2 is 1.96 bits per heavy atom. The predicted molar refractivity (Wildman–Crippen MR) is 109 cm³/mol. The van der Waals surface area contributed by atoms with E-state index in [0.29, 0.717) is 37.8 Å². The van der Waals surface area contributed by atoms with Gasteiger partial charge in [-0.3, -0.25) is 4.79 Å². The minimum atomic E-state index is -0.191. The van der Waals surface area contributed by atoms with E-state index < -0.39 is 0 Å². The Labute approximate surface area is 168 Å². The Bertz CT molecular complexity index is 924. The van der Waals surface area contributed by atoms with Crippen molar-refractivity contribution in [2.24, 2.45) is 7.05 Å². The summed E-state index contributed by atoms with van der Waals surface area (Å²) in [6.07, 6.45) is 0. The fraction of sp³-hybridized carbons (Fsp3) is 0.267. The van der Waals surface area contributed by atoms with E-state index in [0.717, 1.165) is 11.1 Å². The van der Waals surface area contributed by atoms with Crippen LogP contribution in [0.1, 0.15) is 11.3 Å². The zero-order chi connectivity index (χ0) is 17.9. The van der Waals surface area contributed by atoms with Crippen LogP contribution < -0.4 is 10.3 Å². The quantitative estimate of drug-likeness (QED) is 0.463. The van der Waals surface area contributed by atoms with Crippen LogP contribution in [-0.4, -0.2) is 26.9 Å². The number of hydrogen-bond acceptors (Lipinski definition) is 4. The van der Waals surface area contributed by atoms with E-state index in [1.807, 2.05) is 25.1 Å². The fourth-order valence-corrected chi connectivity index (χ4v) is 2.48. The summed E-state index contributed by atoms with van der Waals surface area (Å²) in [4.78, 5) is 19.7. The molecule has 0 bridgehead atoms. The van der Waals surface area contributed by atoms with E-state index in [1.165, 1.54) is 0 Å². The number of nitrogens with zero attached hydrogens (tertiary/aromatic N) is 3. The first kappa shape index (κ1) is 19.7. The van der Waals surface area contributed by atoms with Gasteiger partial charge in [-0.2, -0.15) is 5.10 Å². The van der Waals surface area contributed by atoms with Crippen LogP contribution in [0, 0.1) is 13.8 Å². The van der Waals surface area contributed by atoms with Gasteiger partial charge in [0.05, 0.1) is 18.4 Å². The molecule has 1 N–H and O–H groups in total. The average Bonchev–Trinajstić information content (AvgIpc) is 2.83. The second-order valence-electron chi connectivity index (χ2n) is 5.09. The molecular weight excluding hydrogens is 573 g/mol. The second-order valence-corrected chi connectivity index (χ2v) is 16.9. The summed E-state index contributed by atoms with van der Waals surface area (Å²) in [5.41, 5.74) is 2.87. The first-order valence-corrected chi connectivity index (χ1v) is 15.9. The van der Waals surface area contributed by atoms with Gasteiger partial charge in [0.15, 0.2) is 5.65 Å². The molecule has 2 aromatic heterocycles. The molecule has 2 heterocycles. The van der Waals surface area contributed by atoms with E-state index >= 15 is 0 Å². The number of aryl methyl sites for hydroxylation is 3. The third kappa shape index (κ3) is 4.14. The van der Waals surface area contributed by atoms with Crippen LogP contribution in [0.4, 0.5) is 0 Å². The summed E-state index contributed by atoms with van der Waals surface area (Å²) >= 11 is 4.74. The molecule has 0 radical (unpaired) electrons. The van der Waals surface area contributed by atoms with Gasteiger partial charge >= 0.3 is 49.4 Å². The third-order valence-corrected chi connectivity index (χ3v) is 3.48. The number of fused-ring (bicyclic) bond motifs is 1. The number of benzene rings is 1. The first-order valence-electron chi connectivity index (χ1n) is 6.93. The summed E-state index contributed by atoms with van der Waals surface area (Å²) in [6, 6.07) is 5.75. The van der Waals surface area contributed by atoms with Crippen molar-refractivity contribution in [2.75, 3.05) is 7.11 Å². The molecule has 24 heavy (non-hydrogen) atoms. The Morgan fingerprint density at radius 1 is 1.29 bits per heavy atom. The minimum absolute atomic E-state index is 0.191. The number of halogens is 2. The maximum absolute atomic E-state index is 12.3. The van der Waals surface area contributed by atoms with Crippen molar-refractivity contribution in [3.63, 3.8) is 0 Å². The molecule has 9 heteroatoms. The standard InChI is InChI=1S/C15H16N4O2.2HI.V/c1-8-5-6-11(21-4)10(7-8)13-16-14-12(15(20)17-13)9(2)18-19(14)3;;;/h5-7H,1-4H3,(H,16,17,20);2*1H;/q;;;+2/p-2. The van der Waals surface area contributed by atoms with Gasteiger partial charge in [-0.05, 0) is 26.0 Å². The normalized spacial score (nSPS) is 10.2. The Hall–Kier alpha value is -0.586. The molecule has 0 amide bonds. The number of aromatic nitrogens is 4. The first-order chi connectivity index (χ1) is 11.4. The van der Waals surface area contributed by atoms with Crippen LogP contribution in [0.5, 0.6) is 5.75 Å². The van der Waals surface area contributed by atoms with Crippen molar-refractivity contribution in [3.8, 4) is 17.1 Å². The van der Waals surface area contributed by atoms with Crippen molar-refractivity contribution in [3.05, 3.63) is 39.8 Å². The van der Waals surface area contributed by atoms with Gasteiger partial charge in [0, 0.05) is 7.05 Å². The number of aromatic amines is 1. The van der Waals surface area contributed by atoms with E-state index in [1.54, 1.807) is 25.8 Å². The molecule has 0 spiro atoms. The zero-order valence-electron chi connectivity index (χ0n) is 13.6. The monoisotopic (exact) mass is 589 g/mol. The summed E-state index contributed by atoms with van der Waals surface area (Å²) in [7, 11) is 4.00. The molecule has 0 aliphatic heterocycles.